The zero-order chi connectivity index (χ0) is 29.6. The van der Waals surface area contributed by atoms with Crippen molar-refractivity contribution in [2.45, 2.75) is 35.8 Å². The Labute approximate surface area is 251 Å². The molecule has 0 saturated carbocycles. The van der Waals surface area contributed by atoms with Crippen LogP contribution in [-0.2, 0) is 22.4 Å². The number of benzene rings is 3. The monoisotopic (exact) mass is 600 g/mol. The van der Waals surface area contributed by atoms with Crippen molar-refractivity contribution in [3.63, 3.8) is 0 Å². The molecular formula is C32H28N2O6S2. The number of amides is 2. The van der Waals surface area contributed by atoms with Crippen LogP contribution in [0.5, 0.6) is 0 Å². The molecule has 42 heavy (non-hydrogen) atoms. The number of rotatable bonds is 9. The first-order chi connectivity index (χ1) is 20.4. The van der Waals surface area contributed by atoms with E-state index < -0.39 is 23.1 Å². The first kappa shape index (κ1) is 29.1. The summed E-state index contributed by atoms with van der Waals surface area (Å²) in [6, 6.07) is 22.3. The van der Waals surface area contributed by atoms with Crippen molar-refractivity contribution in [3.8, 4) is 0 Å². The quantitative estimate of drug-likeness (QED) is 0.142. The third-order valence-electron chi connectivity index (χ3n) is 6.89. The van der Waals surface area contributed by atoms with Crippen LogP contribution in [0.2, 0.25) is 0 Å². The maximum atomic E-state index is 13.8. The first-order valence-corrected chi connectivity index (χ1v) is 15.0. The molecule has 0 aliphatic heterocycles. The normalized spacial score (nSPS) is 13.0. The van der Waals surface area contributed by atoms with Crippen LogP contribution in [0.15, 0.2) is 83.8 Å². The lowest BCUT2D eigenvalue weighted by atomic mass is 9.95. The smallest absolute Gasteiger partial charge is 0.341 e. The minimum absolute atomic E-state index is 0.0460. The van der Waals surface area contributed by atoms with E-state index in [1.807, 2.05) is 36.4 Å². The van der Waals surface area contributed by atoms with E-state index in [4.69, 9.17) is 4.74 Å². The van der Waals surface area contributed by atoms with E-state index in [9.17, 15) is 24.3 Å². The van der Waals surface area contributed by atoms with Gasteiger partial charge in [-0.15, -0.1) is 23.1 Å². The molecule has 5 rings (SSSR count). The average Bonchev–Trinajstić information content (AvgIpc) is 3.37. The van der Waals surface area contributed by atoms with Crippen LogP contribution in [0.3, 0.4) is 0 Å². The van der Waals surface area contributed by atoms with Gasteiger partial charge in [-0.25, -0.2) is 9.59 Å². The Balaban J connectivity index is 1.40. The van der Waals surface area contributed by atoms with E-state index in [2.05, 4.69) is 10.6 Å². The fraction of sp³-hybridized carbons (Fsp3) is 0.188. The van der Waals surface area contributed by atoms with Crippen LogP contribution in [0.1, 0.15) is 65.2 Å². The summed E-state index contributed by atoms with van der Waals surface area (Å²) in [6.07, 6.45) is 3.67. The Bertz CT molecular complexity index is 1650. The van der Waals surface area contributed by atoms with Crippen molar-refractivity contribution >= 4 is 57.5 Å². The summed E-state index contributed by atoms with van der Waals surface area (Å²) in [5, 5.41) is 15.1. The van der Waals surface area contributed by atoms with Gasteiger partial charge in [0.2, 0.25) is 5.91 Å². The molecule has 1 aromatic heterocycles. The number of hydrogen-bond acceptors (Lipinski definition) is 7. The molecule has 8 nitrogen and oxygen atoms in total. The number of carboxylic acid groups (broad SMARTS) is 1. The minimum Gasteiger partial charge on any atom is -0.478 e. The second-order valence-corrected chi connectivity index (χ2v) is 11.9. The summed E-state index contributed by atoms with van der Waals surface area (Å²) in [5.74, 6) is -2.49. The van der Waals surface area contributed by atoms with E-state index in [1.54, 1.807) is 30.3 Å². The second kappa shape index (κ2) is 13.1. The van der Waals surface area contributed by atoms with E-state index in [-0.39, 0.29) is 17.0 Å². The number of esters is 1. The number of aryl methyl sites for hydroxylation is 1. The molecule has 4 aromatic rings. The number of carbonyl (C=O) groups is 4. The lowest BCUT2D eigenvalue weighted by Gasteiger charge is -2.18. The van der Waals surface area contributed by atoms with Crippen molar-refractivity contribution in [1.29, 1.82) is 0 Å². The summed E-state index contributed by atoms with van der Waals surface area (Å²) < 4.78 is 5.07. The molecule has 1 atom stereocenters. The molecule has 10 heteroatoms. The largest absolute Gasteiger partial charge is 0.478 e. The van der Waals surface area contributed by atoms with Crippen LogP contribution in [0.25, 0.3) is 0 Å². The SMILES string of the molecule is COC(=O)c1c(NC(=O)C(Sc2cccc(NC(=O)c3ccccc3C(=O)O)c2)c2ccccc2)sc2c1CCCC2. The van der Waals surface area contributed by atoms with E-state index >= 15 is 0 Å². The fourth-order valence-corrected chi connectivity index (χ4v) is 7.26. The highest BCUT2D eigenvalue weighted by atomic mass is 32.2. The van der Waals surface area contributed by atoms with Crippen molar-refractivity contribution in [3.05, 3.63) is 112 Å². The summed E-state index contributed by atoms with van der Waals surface area (Å²) in [5.41, 5.74) is 2.58. The molecule has 0 spiro atoms. The van der Waals surface area contributed by atoms with E-state index in [0.717, 1.165) is 41.7 Å². The van der Waals surface area contributed by atoms with Gasteiger partial charge in [0, 0.05) is 15.5 Å². The van der Waals surface area contributed by atoms with E-state index in [0.29, 0.717) is 21.1 Å². The molecule has 1 aliphatic rings. The number of thiophene rings is 1. The fourth-order valence-electron chi connectivity index (χ4n) is 4.90. The summed E-state index contributed by atoms with van der Waals surface area (Å²) in [6.45, 7) is 0. The molecule has 1 heterocycles. The van der Waals surface area contributed by atoms with Gasteiger partial charge >= 0.3 is 11.9 Å². The zero-order valence-corrected chi connectivity index (χ0v) is 24.3. The Morgan fingerprint density at radius 2 is 1.60 bits per heavy atom. The number of hydrogen-bond donors (Lipinski definition) is 3. The highest BCUT2D eigenvalue weighted by Crippen LogP contribution is 2.41. The van der Waals surface area contributed by atoms with Gasteiger partial charge in [-0.05, 0) is 67.1 Å². The van der Waals surface area contributed by atoms with Crippen LogP contribution in [-0.4, -0.2) is 36.0 Å². The Hall–Kier alpha value is -4.41. The van der Waals surface area contributed by atoms with Crippen LogP contribution < -0.4 is 10.6 Å². The molecule has 1 aliphatic carbocycles. The third kappa shape index (κ3) is 6.40. The third-order valence-corrected chi connectivity index (χ3v) is 9.34. The molecular weight excluding hydrogens is 572 g/mol. The van der Waals surface area contributed by atoms with Gasteiger partial charge in [0.05, 0.1) is 23.8 Å². The Morgan fingerprint density at radius 1 is 0.881 bits per heavy atom. The zero-order valence-electron chi connectivity index (χ0n) is 22.7. The van der Waals surface area contributed by atoms with Gasteiger partial charge in [0.15, 0.2) is 0 Å². The highest BCUT2D eigenvalue weighted by molar-refractivity contribution is 8.00. The van der Waals surface area contributed by atoms with Crippen LogP contribution in [0.4, 0.5) is 10.7 Å². The van der Waals surface area contributed by atoms with Gasteiger partial charge in [-0.1, -0.05) is 48.5 Å². The van der Waals surface area contributed by atoms with Gasteiger partial charge in [-0.3, -0.25) is 9.59 Å². The van der Waals surface area contributed by atoms with Crippen molar-refractivity contribution in [2.75, 3.05) is 17.7 Å². The van der Waals surface area contributed by atoms with Crippen molar-refractivity contribution in [2.24, 2.45) is 0 Å². The minimum atomic E-state index is -1.19. The van der Waals surface area contributed by atoms with Gasteiger partial charge in [-0.2, -0.15) is 0 Å². The van der Waals surface area contributed by atoms with Gasteiger partial charge in [0.1, 0.15) is 10.3 Å². The summed E-state index contributed by atoms with van der Waals surface area (Å²) >= 11 is 2.73. The maximum Gasteiger partial charge on any atom is 0.341 e. The Kier molecular flexibility index (Phi) is 9.04. The standard InChI is InChI=1S/C32H28N2O6S2/c1-40-32(39)26-24-16-7-8-17-25(24)42-30(26)34-29(36)27(19-10-3-2-4-11-19)41-21-13-9-12-20(18-21)33-28(35)22-14-5-6-15-23(22)31(37)38/h2-6,9-15,18,27H,7-8,16-17H2,1H3,(H,33,35)(H,34,36)(H,37,38). The molecule has 2 amide bonds. The van der Waals surface area contributed by atoms with Gasteiger partial charge in [0.25, 0.3) is 5.91 Å². The Morgan fingerprint density at radius 3 is 2.33 bits per heavy atom. The molecule has 3 aromatic carbocycles. The van der Waals surface area contributed by atoms with Crippen LogP contribution in [0, 0.1) is 0 Å². The number of carbonyl (C=O) groups excluding carboxylic acids is 3. The number of anilines is 2. The molecule has 1 unspecified atom stereocenters. The average molecular weight is 601 g/mol. The molecule has 214 valence electrons. The predicted molar refractivity (Wildman–Crippen MR) is 164 cm³/mol. The molecule has 0 fully saturated rings. The number of nitrogens with one attached hydrogen (secondary N) is 2. The first-order valence-electron chi connectivity index (χ1n) is 13.3. The maximum absolute atomic E-state index is 13.8. The van der Waals surface area contributed by atoms with E-state index in [1.165, 1.54) is 42.3 Å². The van der Waals surface area contributed by atoms with Crippen molar-refractivity contribution in [1.82, 2.24) is 0 Å². The topological polar surface area (TPSA) is 122 Å². The van der Waals surface area contributed by atoms with Crippen LogP contribution >= 0.6 is 23.1 Å². The number of thioether (sulfide) groups is 1. The number of carboxylic acids is 1. The highest BCUT2D eigenvalue weighted by Gasteiger charge is 2.30. The molecule has 3 N–H and O–H groups in total. The number of ether oxygens (including phenoxy) is 1. The number of methoxy groups -OCH3 is 1. The summed E-state index contributed by atoms with van der Waals surface area (Å²) in [4.78, 5) is 52.9. The van der Waals surface area contributed by atoms with Gasteiger partial charge < -0.3 is 20.5 Å². The number of fused-ring (bicyclic) bond motifs is 1. The second-order valence-electron chi connectivity index (χ2n) is 9.64. The lowest BCUT2D eigenvalue weighted by Crippen LogP contribution is -2.20. The lowest BCUT2D eigenvalue weighted by molar-refractivity contribution is -0.115. The number of aromatic carboxylic acids is 1. The molecule has 0 radical (unpaired) electrons. The molecule has 0 bridgehead atoms. The van der Waals surface area contributed by atoms with Crippen molar-refractivity contribution < 1.29 is 29.0 Å². The molecule has 0 saturated heterocycles. The predicted octanol–water partition coefficient (Wildman–Crippen LogP) is 6.84. The summed E-state index contributed by atoms with van der Waals surface area (Å²) in [7, 11) is 1.34.